The number of carbonyl (C=O) groups excluding carboxylic acids is 1. The summed E-state index contributed by atoms with van der Waals surface area (Å²) in [4.78, 5) is 12.1. The number of rotatable bonds is 7. The van der Waals surface area contributed by atoms with Gasteiger partial charge in [0.05, 0.1) is 0 Å². The molecule has 5 N–H and O–H groups in total. The second-order valence-electron chi connectivity index (χ2n) is 4.25. The van der Waals surface area contributed by atoms with E-state index in [9.17, 15) is 4.79 Å². The van der Waals surface area contributed by atoms with E-state index >= 15 is 0 Å². The molecule has 0 aliphatic carbocycles. The molecule has 4 nitrogen and oxygen atoms in total. The maximum Gasteiger partial charge on any atom is 0.233 e. The van der Waals surface area contributed by atoms with Crippen LogP contribution in [0.4, 0.5) is 5.69 Å². The Kier molecular flexibility index (Phi) is 6.60. The van der Waals surface area contributed by atoms with Crippen molar-refractivity contribution in [3.8, 4) is 0 Å². The molecule has 1 aromatic carbocycles. The molecule has 0 atom stereocenters. The summed E-state index contributed by atoms with van der Waals surface area (Å²) in [7, 11) is 0. The van der Waals surface area contributed by atoms with Crippen LogP contribution in [0.5, 0.6) is 0 Å². The molecule has 0 spiro atoms. The minimum absolute atomic E-state index is 0.0863. The van der Waals surface area contributed by atoms with Crippen LogP contribution < -0.4 is 17.0 Å². The van der Waals surface area contributed by atoms with Gasteiger partial charge in [0.15, 0.2) is 0 Å². The van der Waals surface area contributed by atoms with E-state index in [1.807, 2.05) is 24.8 Å². The Hall–Kier alpha value is -1.20. The largest absolute Gasteiger partial charge is 0.399 e. The standard InChI is InChI=1S/C13H21N3OS/c1-10-9-11(6-7-12(10)14)18-8-4-2-3-5-13(17)16-15/h6-7,9H,2-5,8,14-15H2,1H3,(H,16,17). The summed E-state index contributed by atoms with van der Waals surface area (Å²) in [6, 6.07) is 6.11. The molecule has 0 fully saturated rings. The van der Waals surface area contributed by atoms with Gasteiger partial charge in [0.1, 0.15) is 0 Å². The van der Waals surface area contributed by atoms with Gasteiger partial charge in [-0.25, -0.2) is 5.84 Å². The number of thioether (sulfide) groups is 1. The first-order valence-electron chi connectivity index (χ1n) is 6.12. The number of aryl methyl sites for hydroxylation is 1. The minimum atomic E-state index is -0.0863. The molecule has 0 saturated heterocycles. The second-order valence-corrected chi connectivity index (χ2v) is 5.41. The normalized spacial score (nSPS) is 10.3. The molecule has 0 unspecified atom stereocenters. The van der Waals surface area contributed by atoms with Crippen molar-refractivity contribution in [3.63, 3.8) is 0 Å². The third kappa shape index (κ3) is 5.42. The van der Waals surface area contributed by atoms with Crippen LogP contribution in [0.3, 0.4) is 0 Å². The Morgan fingerprint density at radius 2 is 2.11 bits per heavy atom. The highest BCUT2D eigenvalue weighted by molar-refractivity contribution is 7.99. The number of benzene rings is 1. The molecule has 1 amide bonds. The number of nitrogen functional groups attached to an aromatic ring is 1. The molecule has 100 valence electrons. The fourth-order valence-corrected chi connectivity index (χ4v) is 2.57. The Bertz CT molecular complexity index is 396. The van der Waals surface area contributed by atoms with Gasteiger partial charge in [-0.1, -0.05) is 6.42 Å². The molecule has 1 aromatic rings. The maximum absolute atomic E-state index is 10.9. The van der Waals surface area contributed by atoms with E-state index in [4.69, 9.17) is 11.6 Å². The van der Waals surface area contributed by atoms with Crippen molar-refractivity contribution in [2.45, 2.75) is 37.5 Å². The average molecular weight is 267 g/mol. The molecule has 0 heterocycles. The van der Waals surface area contributed by atoms with Crippen LogP contribution in [0.15, 0.2) is 23.1 Å². The Morgan fingerprint density at radius 3 is 2.78 bits per heavy atom. The maximum atomic E-state index is 10.9. The van der Waals surface area contributed by atoms with Crippen molar-refractivity contribution in [1.29, 1.82) is 0 Å². The van der Waals surface area contributed by atoms with E-state index in [0.717, 1.165) is 36.3 Å². The lowest BCUT2D eigenvalue weighted by atomic mass is 10.2. The van der Waals surface area contributed by atoms with Crippen molar-refractivity contribution in [3.05, 3.63) is 23.8 Å². The summed E-state index contributed by atoms with van der Waals surface area (Å²) in [6.07, 6.45) is 3.56. The van der Waals surface area contributed by atoms with Crippen LogP contribution in [-0.2, 0) is 4.79 Å². The summed E-state index contributed by atoms with van der Waals surface area (Å²) < 4.78 is 0. The first-order valence-corrected chi connectivity index (χ1v) is 7.10. The van der Waals surface area contributed by atoms with Crippen molar-refractivity contribution >= 4 is 23.4 Å². The van der Waals surface area contributed by atoms with Gasteiger partial charge in [0, 0.05) is 17.0 Å². The summed E-state index contributed by atoms with van der Waals surface area (Å²) in [5, 5.41) is 0. The zero-order valence-electron chi connectivity index (χ0n) is 10.7. The summed E-state index contributed by atoms with van der Waals surface area (Å²) in [6.45, 7) is 2.02. The third-order valence-corrected chi connectivity index (χ3v) is 3.80. The molecule has 0 saturated carbocycles. The number of amides is 1. The van der Waals surface area contributed by atoms with Crippen LogP contribution in [0.2, 0.25) is 0 Å². The average Bonchev–Trinajstić information content (AvgIpc) is 2.37. The van der Waals surface area contributed by atoms with E-state index in [1.54, 1.807) is 0 Å². The molecule has 18 heavy (non-hydrogen) atoms. The highest BCUT2D eigenvalue weighted by Crippen LogP contribution is 2.23. The smallest absolute Gasteiger partial charge is 0.233 e. The predicted molar refractivity (Wildman–Crippen MR) is 77.1 cm³/mol. The predicted octanol–water partition coefficient (Wildman–Crippen LogP) is 2.22. The number of unbranched alkanes of at least 4 members (excludes halogenated alkanes) is 2. The summed E-state index contributed by atoms with van der Waals surface area (Å²) in [5.41, 5.74) is 9.87. The molecule has 0 aromatic heterocycles. The van der Waals surface area contributed by atoms with Crippen LogP contribution in [0.25, 0.3) is 0 Å². The van der Waals surface area contributed by atoms with E-state index in [1.165, 1.54) is 4.90 Å². The monoisotopic (exact) mass is 267 g/mol. The van der Waals surface area contributed by atoms with Gasteiger partial charge in [-0.3, -0.25) is 10.2 Å². The highest BCUT2D eigenvalue weighted by Gasteiger charge is 2.00. The van der Waals surface area contributed by atoms with Crippen molar-refractivity contribution in [2.24, 2.45) is 5.84 Å². The van der Waals surface area contributed by atoms with E-state index in [0.29, 0.717) is 6.42 Å². The third-order valence-electron chi connectivity index (χ3n) is 2.72. The van der Waals surface area contributed by atoms with E-state index in [2.05, 4.69) is 17.6 Å². The zero-order chi connectivity index (χ0) is 13.4. The molecule has 0 aliphatic heterocycles. The Balaban J connectivity index is 2.14. The van der Waals surface area contributed by atoms with Gasteiger partial charge < -0.3 is 5.73 Å². The SMILES string of the molecule is Cc1cc(SCCCCCC(=O)NN)ccc1N. The van der Waals surface area contributed by atoms with Gasteiger partial charge in [-0.15, -0.1) is 11.8 Å². The van der Waals surface area contributed by atoms with Gasteiger partial charge >= 0.3 is 0 Å². The molecule has 1 rings (SSSR count). The van der Waals surface area contributed by atoms with Crippen molar-refractivity contribution in [2.75, 3.05) is 11.5 Å². The molecular weight excluding hydrogens is 246 g/mol. The van der Waals surface area contributed by atoms with Crippen LogP contribution in [0, 0.1) is 6.92 Å². The minimum Gasteiger partial charge on any atom is -0.399 e. The topological polar surface area (TPSA) is 81.1 Å². The quantitative estimate of drug-likeness (QED) is 0.177. The molecule has 5 heteroatoms. The van der Waals surface area contributed by atoms with Crippen LogP contribution in [-0.4, -0.2) is 11.7 Å². The molecule has 0 aliphatic rings. The van der Waals surface area contributed by atoms with Crippen molar-refractivity contribution in [1.82, 2.24) is 5.43 Å². The van der Waals surface area contributed by atoms with E-state index in [-0.39, 0.29) is 5.91 Å². The second kappa shape index (κ2) is 8.00. The number of anilines is 1. The first-order chi connectivity index (χ1) is 8.63. The van der Waals surface area contributed by atoms with Gasteiger partial charge in [0.2, 0.25) is 5.91 Å². The highest BCUT2D eigenvalue weighted by atomic mass is 32.2. The first kappa shape index (κ1) is 14.9. The van der Waals surface area contributed by atoms with Gasteiger partial charge in [0.25, 0.3) is 0 Å². The Labute approximate surface area is 112 Å². The summed E-state index contributed by atoms with van der Waals surface area (Å²) >= 11 is 1.83. The number of hydrogen-bond donors (Lipinski definition) is 3. The van der Waals surface area contributed by atoms with Gasteiger partial charge in [-0.2, -0.15) is 0 Å². The zero-order valence-corrected chi connectivity index (χ0v) is 11.6. The number of hydrogen-bond acceptors (Lipinski definition) is 4. The lowest BCUT2D eigenvalue weighted by Crippen LogP contribution is -2.29. The lowest BCUT2D eigenvalue weighted by Gasteiger charge is -2.05. The molecule has 0 radical (unpaired) electrons. The number of carbonyl (C=O) groups is 1. The number of nitrogens with two attached hydrogens (primary N) is 2. The van der Waals surface area contributed by atoms with Crippen LogP contribution in [0.1, 0.15) is 31.2 Å². The number of hydrazine groups is 1. The van der Waals surface area contributed by atoms with Crippen molar-refractivity contribution < 1.29 is 4.79 Å². The molecule has 0 bridgehead atoms. The van der Waals surface area contributed by atoms with Crippen LogP contribution >= 0.6 is 11.8 Å². The molecular formula is C13H21N3OS. The van der Waals surface area contributed by atoms with E-state index < -0.39 is 0 Å². The lowest BCUT2D eigenvalue weighted by molar-refractivity contribution is -0.121. The number of nitrogens with one attached hydrogen (secondary N) is 1. The fourth-order valence-electron chi connectivity index (χ4n) is 1.56. The van der Waals surface area contributed by atoms with Gasteiger partial charge in [-0.05, 0) is 49.3 Å². The Morgan fingerprint density at radius 1 is 1.33 bits per heavy atom. The fraction of sp³-hybridized carbons (Fsp3) is 0.462. The summed E-state index contributed by atoms with van der Waals surface area (Å²) in [5.74, 6) is 5.98.